The zero-order chi connectivity index (χ0) is 24.6. The van der Waals surface area contributed by atoms with Crippen LogP contribution in [0, 0.1) is 0 Å². The second kappa shape index (κ2) is 11.6. The summed E-state index contributed by atoms with van der Waals surface area (Å²) in [5.41, 5.74) is 8.18. The molecule has 35 heavy (non-hydrogen) atoms. The van der Waals surface area contributed by atoms with Gasteiger partial charge in [0, 0.05) is 18.7 Å². The van der Waals surface area contributed by atoms with Crippen molar-refractivity contribution in [2.75, 3.05) is 46.6 Å². The highest BCUT2D eigenvalue weighted by Gasteiger charge is 2.22. The van der Waals surface area contributed by atoms with Gasteiger partial charge in [-0.1, -0.05) is 36.4 Å². The lowest BCUT2D eigenvalue weighted by Gasteiger charge is -2.09. The van der Waals surface area contributed by atoms with Crippen molar-refractivity contribution >= 4 is 28.1 Å². The Kier molecular flexibility index (Phi) is 8.10. The van der Waals surface area contributed by atoms with Gasteiger partial charge in [0.15, 0.2) is 0 Å². The topological polar surface area (TPSA) is 104 Å². The smallest absolute Gasteiger partial charge is 0.253 e. The highest BCUT2D eigenvalue weighted by atomic mass is 16.5. The zero-order valence-corrected chi connectivity index (χ0v) is 19.7. The fourth-order valence-corrected chi connectivity index (χ4v) is 3.95. The van der Waals surface area contributed by atoms with E-state index < -0.39 is 0 Å². The molecule has 0 spiro atoms. The van der Waals surface area contributed by atoms with E-state index in [2.05, 4.69) is 5.32 Å². The molecule has 2 aromatic carbocycles. The highest BCUT2D eigenvalue weighted by molar-refractivity contribution is 6.13. The Balaban J connectivity index is 1.61. The van der Waals surface area contributed by atoms with Crippen LogP contribution >= 0.6 is 0 Å². The monoisotopic (exact) mass is 475 g/mol. The molecule has 4 aromatic rings. The number of nitrogens with zero attached hydrogens (tertiary/aromatic N) is 1. The third-order valence-electron chi connectivity index (χ3n) is 5.61. The van der Waals surface area contributed by atoms with Crippen LogP contribution in [-0.2, 0) is 9.47 Å². The summed E-state index contributed by atoms with van der Waals surface area (Å²) in [5.74, 6) is 0.119. The molecule has 8 nitrogen and oxygen atoms in total. The maximum atomic E-state index is 13.6. The molecule has 0 saturated heterocycles. The van der Waals surface area contributed by atoms with E-state index in [1.807, 2.05) is 40.8 Å². The molecule has 2 aromatic heterocycles. The summed E-state index contributed by atoms with van der Waals surface area (Å²) in [6.07, 6.45) is 0. The predicted molar refractivity (Wildman–Crippen MR) is 134 cm³/mol. The van der Waals surface area contributed by atoms with Gasteiger partial charge in [0.1, 0.15) is 5.75 Å². The van der Waals surface area contributed by atoms with Gasteiger partial charge in [0.2, 0.25) is 5.78 Å². The number of fused-ring (bicyclic) bond motifs is 3. The maximum Gasteiger partial charge on any atom is 0.253 e. The Morgan fingerprint density at radius 3 is 2.49 bits per heavy atom. The number of amides is 1. The van der Waals surface area contributed by atoms with E-state index in [4.69, 9.17) is 19.9 Å². The molecule has 0 bridgehead atoms. The van der Waals surface area contributed by atoms with E-state index >= 15 is 0 Å². The highest BCUT2D eigenvalue weighted by Crippen LogP contribution is 2.26. The SMILES string of the molecule is COc1cccc(C(=O)c2cc(C(=O)NCCOCCOCCN)c3ccc4ccccc4n23)c1. The molecular formula is C27H29N3O5. The van der Waals surface area contributed by atoms with Crippen LogP contribution < -0.4 is 15.8 Å². The molecule has 0 atom stereocenters. The lowest BCUT2D eigenvalue weighted by atomic mass is 10.1. The van der Waals surface area contributed by atoms with Crippen LogP contribution in [0.5, 0.6) is 5.75 Å². The number of carbonyl (C=O) groups excluding carboxylic acids is 2. The summed E-state index contributed by atoms with van der Waals surface area (Å²) < 4.78 is 17.9. The molecule has 0 aliphatic heterocycles. The normalized spacial score (nSPS) is 11.1. The number of benzene rings is 2. The van der Waals surface area contributed by atoms with E-state index in [1.165, 1.54) is 0 Å². The predicted octanol–water partition coefficient (Wildman–Crippen LogP) is 3.05. The van der Waals surface area contributed by atoms with Crippen molar-refractivity contribution < 1.29 is 23.8 Å². The number of carbonyl (C=O) groups is 2. The van der Waals surface area contributed by atoms with Crippen molar-refractivity contribution in [3.8, 4) is 5.75 Å². The fourth-order valence-electron chi connectivity index (χ4n) is 3.95. The molecule has 4 rings (SSSR count). The molecule has 0 aliphatic carbocycles. The number of methoxy groups -OCH3 is 1. The van der Waals surface area contributed by atoms with Crippen LogP contribution in [0.4, 0.5) is 0 Å². The molecule has 3 N–H and O–H groups in total. The van der Waals surface area contributed by atoms with Gasteiger partial charge in [-0.25, -0.2) is 0 Å². The van der Waals surface area contributed by atoms with Gasteiger partial charge in [-0.05, 0) is 35.7 Å². The van der Waals surface area contributed by atoms with Crippen LogP contribution in [0.3, 0.4) is 0 Å². The van der Waals surface area contributed by atoms with Crippen LogP contribution in [-0.4, -0.2) is 62.7 Å². The Hall–Kier alpha value is -3.72. The Labute approximate surface area is 203 Å². The molecule has 0 unspecified atom stereocenters. The molecule has 182 valence electrons. The Morgan fingerprint density at radius 1 is 0.886 bits per heavy atom. The second-order valence-electron chi connectivity index (χ2n) is 7.89. The molecular weight excluding hydrogens is 446 g/mol. The van der Waals surface area contributed by atoms with Crippen LogP contribution in [0.1, 0.15) is 26.4 Å². The number of ether oxygens (including phenoxy) is 3. The molecule has 0 saturated carbocycles. The standard InChI is InChI=1S/C27H29N3O5/c1-33-21-7-4-6-20(17-21)26(31)25-18-22(27(32)29-12-14-35-16-15-34-13-11-28)24-10-9-19-5-2-3-8-23(19)30(24)25/h2-10,17-18H,11-16,28H2,1H3,(H,29,32). The summed E-state index contributed by atoms with van der Waals surface area (Å²) >= 11 is 0. The van der Waals surface area contributed by atoms with E-state index in [-0.39, 0.29) is 11.7 Å². The average Bonchev–Trinajstić information content (AvgIpc) is 3.30. The molecule has 0 radical (unpaired) electrons. The van der Waals surface area contributed by atoms with Crippen molar-refractivity contribution in [2.24, 2.45) is 5.73 Å². The summed E-state index contributed by atoms with van der Waals surface area (Å²) in [6, 6.07) is 20.2. The first-order chi connectivity index (χ1) is 17.1. The quantitative estimate of drug-likeness (QED) is 0.241. The van der Waals surface area contributed by atoms with Gasteiger partial charge < -0.3 is 29.7 Å². The van der Waals surface area contributed by atoms with E-state index in [0.29, 0.717) is 67.6 Å². The molecule has 0 fully saturated rings. The summed E-state index contributed by atoms with van der Waals surface area (Å²) in [7, 11) is 1.56. The number of ketones is 1. The van der Waals surface area contributed by atoms with E-state index in [1.54, 1.807) is 37.4 Å². The van der Waals surface area contributed by atoms with Crippen molar-refractivity contribution in [1.82, 2.24) is 9.72 Å². The van der Waals surface area contributed by atoms with Gasteiger partial charge in [0.25, 0.3) is 5.91 Å². The number of pyridine rings is 1. The number of nitrogens with one attached hydrogen (secondary N) is 1. The lowest BCUT2D eigenvalue weighted by molar-refractivity contribution is 0.0511. The third kappa shape index (κ3) is 5.51. The first-order valence-electron chi connectivity index (χ1n) is 11.5. The first kappa shape index (κ1) is 24.4. The van der Waals surface area contributed by atoms with Crippen molar-refractivity contribution in [2.45, 2.75) is 0 Å². The van der Waals surface area contributed by atoms with Crippen LogP contribution in [0.2, 0.25) is 0 Å². The lowest BCUT2D eigenvalue weighted by Crippen LogP contribution is -2.27. The van der Waals surface area contributed by atoms with Crippen molar-refractivity contribution in [3.05, 3.63) is 83.6 Å². The number of hydrogen-bond donors (Lipinski definition) is 2. The van der Waals surface area contributed by atoms with E-state index in [0.717, 1.165) is 10.9 Å². The first-order valence-corrected chi connectivity index (χ1v) is 11.5. The average molecular weight is 476 g/mol. The number of para-hydroxylation sites is 1. The molecule has 2 heterocycles. The number of nitrogens with two attached hydrogens (primary N) is 1. The minimum absolute atomic E-state index is 0.199. The fraction of sp³-hybridized carbons (Fsp3) is 0.259. The molecule has 8 heteroatoms. The van der Waals surface area contributed by atoms with Gasteiger partial charge in [-0.2, -0.15) is 0 Å². The number of hydrogen-bond acceptors (Lipinski definition) is 6. The zero-order valence-electron chi connectivity index (χ0n) is 19.7. The Morgan fingerprint density at radius 2 is 1.69 bits per heavy atom. The van der Waals surface area contributed by atoms with Crippen LogP contribution in [0.25, 0.3) is 16.4 Å². The van der Waals surface area contributed by atoms with Gasteiger partial charge >= 0.3 is 0 Å². The number of aromatic nitrogens is 1. The molecule has 0 aliphatic rings. The summed E-state index contributed by atoms with van der Waals surface area (Å²) in [5, 5.41) is 3.85. The van der Waals surface area contributed by atoms with Crippen molar-refractivity contribution in [1.29, 1.82) is 0 Å². The largest absolute Gasteiger partial charge is 0.497 e. The molecule has 1 amide bonds. The maximum absolute atomic E-state index is 13.6. The van der Waals surface area contributed by atoms with E-state index in [9.17, 15) is 9.59 Å². The minimum Gasteiger partial charge on any atom is -0.497 e. The summed E-state index contributed by atoms with van der Waals surface area (Å²) in [4.78, 5) is 26.7. The second-order valence-corrected chi connectivity index (χ2v) is 7.89. The van der Waals surface area contributed by atoms with Gasteiger partial charge in [-0.15, -0.1) is 0 Å². The van der Waals surface area contributed by atoms with Crippen LogP contribution in [0.15, 0.2) is 66.7 Å². The summed E-state index contributed by atoms with van der Waals surface area (Å²) in [6.45, 7) is 2.53. The Bertz CT molecular complexity index is 1330. The minimum atomic E-state index is -0.273. The van der Waals surface area contributed by atoms with Gasteiger partial charge in [0.05, 0.1) is 55.8 Å². The van der Waals surface area contributed by atoms with Gasteiger partial charge in [-0.3, -0.25) is 9.59 Å². The van der Waals surface area contributed by atoms with Crippen molar-refractivity contribution in [3.63, 3.8) is 0 Å². The number of rotatable bonds is 12. The third-order valence-corrected chi connectivity index (χ3v) is 5.61.